The van der Waals surface area contributed by atoms with Gasteiger partial charge in [0.25, 0.3) is 0 Å². The molecule has 4 nitrogen and oxygen atoms in total. The van der Waals surface area contributed by atoms with E-state index in [9.17, 15) is 4.79 Å². The highest BCUT2D eigenvalue weighted by Gasteiger charge is 2.07. The van der Waals surface area contributed by atoms with E-state index in [4.69, 9.17) is 32.7 Å². The zero-order chi connectivity index (χ0) is 18.2. The lowest BCUT2D eigenvalue weighted by molar-refractivity contribution is -0.111. The van der Waals surface area contributed by atoms with E-state index < -0.39 is 0 Å². The fourth-order valence-electron chi connectivity index (χ4n) is 2.07. The first kappa shape index (κ1) is 19.2. The molecule has 2 aromatic carbocycles. The minimum absolute atomic E-state index is 0.310. The quantitative estimate of drug-likeness (QED) is 0.651. The zero-order valence-corrected chi connectivity index (χ0v) is 15.5. The molecule has 0 atom stereocenters. The summed E-state index contributed by atoms with van der Waals surface area (Å²) in [6.07, 6.45) is 4.01. The molecule has 2 rings (SSSR count). The zero-order valence-electron chi connectivity index (χ0n) is 14.0. The predicted molar refractivity (Wildman–Crippen MR) is 103 cm³/mol. The van der Waals surface area contributed by atoms with Gasteiger partial charge in [0, 0.05) is 6.08 Å². The fourth-order valence-corrected chi connectivity index (χ4v) is 2.41. The summed E-state index contributed by atoms with van der Waals surface area (Å²) in [5, 5.41) is 3.39. The van der Waals surface area contributed by atoms with Crippen molar-refractivity contribution in [1.29, 1.82) is 0 Å². The van der Waals surface area contributed by atoms with Crippen LogP contribution < -0.4 is 14.8 Å². The smallest absolute Gasteiger partial charge is 0.248 e. The van der Waals surface area contributed by atoms with E-state index in [1.807, 2.05) is 19.1 Å². The average Bonchev–Trinajstić information content (AvgIpc) is 2.62. The number of nitrogens with one attached hydrogen (secondary N) is 1. The van der Waals surface area contributed by atoms with E-state index in [0.29, 0.717) is 33.8 Å². The highest BCUT2D eigenvalue weighted by atomic mass is 35.5. The third kappa shape index (κ3) is 5.41. The summed E-state index contributed by atoms with van der Waals surface area (Å²) in [5.41, 5.74) is 1.28. The SMILES string of the molecule is CCCOc1ccc(/C=C/C(=O)Nc2cccc(Cl)c2Cl)cc1OC. The summed E-state index contributed by atoms with van der Waals surface area (Å²) in [6, 6.07) is 10.5. The lowest BCUT2D eigenvalue weighted by atomic mass is 10.2. The van der Waals surface area contributed by atoms with Gasteiger partial charge >= 0.3 is 0 Å². The van der Waals surface area contributed by atoms with E-state index in [1.165, 1.54) is 6.08 Å². The van der Waals surface area contributed by atoms with Crippen molar-refractivity contribution in [3.63, 3.8) is 0 Å². The Morgan fingerprint density at radius 3 is 2.72 bits per heavy atom. The third-order valence-corrected chi connectivity index (χ3v) is 4.10. The third-order valence-electron chi connectivity index (χ3n) is 3.29. The summed E-state index contributed by atoms with van der Waals surface area (Å²) < 4.78 is 10.9. The number of anilines is 1. The topological polar surface area (TPSA) is 47.6 Å². The molecule has 6 heteroatoms. The number of rotatable bonds is 7. The van der Waals surface area contributed by atoms with Gasteiger partial charge in [-0.1, -0.05) is 42.3 Å². The highest BCUT2D eigenvalue weighted by Crippen LogP contribution is 2.30. The van der Waals surface area contributed by atoms with Crippen LogP contribution in [0.15, 0.2) is 42.5 Å². The number of halogens is 2. The molecule has 0 fully saturated rings. The van der Waals surface area contributed by atoms with Crippen LogP contribution in [0.1, 0.15) is 18.9 Å². The standard InChI is InChI=1S/C19H19Cl2NO3/c1-3-11-25-16-9-7-13(12-17(16)24-2)8-10-18(23)22-15-6-4-5-14(20)19(15)21/h4-10,12H,3,11H2,1-2H3,(H,22,23)/b10-8+. The molecule has 132 valence electrons. The van der Waals surface area contributed by atoms with Crippen LogP contribution in [0.5, 0.6) is 11.5 Å². The molecule has 0 radical (unpaired) electrons. The van der Waals surface area contributed by atoms with Crippen LogP contribution in [0.25, 0.3) is 6.08 Å². The van der Waals surface area contributed by atoms with Crippen LogP contribution in [0.3, 0.4) is 0 Å². The van der Waals surface area contributed by atoms with Crippen LogP contribution in [-0.2, 0) is 4.79 Å². The van der Waals surface area contributed by atoms with Crippen LogP contribution in [0.4, 0.5) is 5.69 Å². The first-order valence-electron chi connectivity index (χ1n) is 7.79. The Labute approximate surface area is 157 Å². The molecule has 0 aliphatic carbocycles. The second-order valence-electron chi connectivity index (χ2n) is 5.18. The monoisotopic (exact) mass is 379 g/mol. The van der Waals surface area contributed by atoms with Crippen molar-refractivity contribution in [1.82, 2.24) is 0 Å². The second-order valence-corrected chi connectivity index (χ2v) is 5.97. The van der Waals surface area contributed by atoms with E-state index in [-0.39, 0.29) is 5.91 Å². The van der Waals surface area contributed by atoms with Crippen molar-refractivity contribution < 1.29 is 14.3 Å². The number of benzene rings is 2. The Hall–Kier alpha value is -2.17. The molecule has 0 saturated heterocycles. The predicted octanol–water partition coefficient (Wildman–Crippen LogP) is 5.44. The summed E-state index contributed by atoms with van der Waals surface area (Å²) in [4.78, 5) is 12.1. The Kier molecular flexibility index (Phi) is 7.16. The molecule has 1 N–H and O–H groups in total. The lowest BCUT2D eigenvalue weighted by Crippen LogP contribution is -2.08. The minimum atomic E-state index is -0.311. The van der Waals surface area contributed by atoms with Crippen molar-refractivity contribution in [3.05, 3.63) is 58.1 Å². The molecule has 1 amide bonds. The van der Waals surface area contributed by atoms with Gasteiger partial charge in [0.15, 0.2) is 11.5 Å². The van der Waals surface area contributed by atoms with Gasteiger partial charge in [0.05, 0.1) is 29.4 Å². The van der Waals surface area contributed by atoms with Crippen molar-refractivity contribution in [2.75, 3.05) is 19.0 Å². The van der Waals surface area contributed by atoms with Gasteiger partial charge in [0.1, 0.15) is 0 Å². The molecule has 0 saturated carbocycles. The van der Waals surface area contributed by atoms with Crippen molar-refractivity contribution >= 4 is 40.9 Å². The van der Waals surface area contributed by atoms with Crippen LogP contribution in [0.2, 0.25) is 10.0 Å². The summed E-state index contributed by atoms with van der Waals surface area (Å²) in [5.74, 6) is 0.986. The van der Waals surface area contributed by atoms with Crippen LogP contribution in [0, 0.1) is 0 Å². The van der Waals surface area contributed by atoms with E-state index in [0.717, 1.165) is 12.0 Å². The highest BCUT2D eigenvalue weighted by molar-refractivity contribution is 6.44. The molecule has 0 bridgehead atoms. The number of hydrogen-bond donors (Lipinski definition) is 1. The maximum Gasteiger partial charge on any atom is 0.248 e. The van der Waals surface area contributed by atoms with E-state index in [2.05, 4.69) is 5.32 Å². The van der Waals surface area contributed by atoms with Crippen LogP contribution >= 0.6 is 23.2 Å². The van der Waals surface area contributed by atoms with Gasteiger partial charge in [-0.2, -0.15) is 0 Å². The molecule has 25 heavy (non-hydrogen) atoms. The molecule has 0 unspecified atom stereocenters. The van der Waals surface area contributed by atoms with Gasteiger partial charge in [-0.15, -0.1) is 0 Å². The number of hydrogen-bond acceptors (Lipinski definition) is 3. The summed E-state index contributed by atoms with van der Waals surface area (Å²) in [7, 11) is 1.58. The molecule has 2 aromatic rings. The van der Waals surface area contributed by atoms with Gasteiger partial charge < -0.3 is 14.8 Å². The average molecular weight is 380 g/mol. The number of methoxy groups -OCH3 is 1. The molecular formula is C19H19Cl2NO3. The Bertz CT molecular complexity index is 775. The number of ether oxygens (including phenoxy) is 2. The Balaban J connectivity index is 2.07. The molecule has 0 aromatic heterocycles. The first-order valence-corrected chi connectivity index (χ1v) is 8.54. The molecule has 0 heterocycles. The fraction of sp³-hybridized carbons (Fsp3) is 0.211. The minimum Gasteiger partial charge on any atom is -0.493 e. The van der Waals surface area contributed by atoms with Gasteiger partial charge in [0.2, 0.25) is 5.91 Å². The number of carbonyl (C=O) groups is 1. The van der Waals surface area contributed by atoms with Crippen LogP contribution in [-0.4, -0.2) is 19.6 Å². The number of amides is 1. The molecular weight excluding hydrogens is 361 g/mol. The second kappa shape index (κ2) is 9.35. The lowest BCUT2D eigenvalue weighted by Gasteiger charge is -2.10. The summed E-state index contributed by atoms with van der Waals surface area (Å²) in [6.45, 7) is 2.66. The van der Waals surface area contributed by atoms with E-state index in [1.54, 1.807) is 37.5 Å². The van der Waals surface area contributed by atoms with Gasteiger partial charge in [-0.05, 0) is 42.3 Å². The first-order chi connectivity index (χ1) is 12.0. The maximum atomic E-state index is 12.1. The van der Waals surface area contributed by atoms with Gasteiger partial charge in [-0.3, -0.25) is 4.79 Å². The molecule has 0 spiro atoms. The number of carbonyl (C=O) groups excluding carboxylic acids is 1. The summed E-state index contributed by atoms with van der Waals surface area (Å²) >= 11 is 12.0. The Morgan fingerprint density at radius 1 is 1.20 bits per heavy atom. The van der Waals surface area contributed by atoms with Crippen molar-refractivity contribution in [2.24, 2.45) is 0 Å². The van der Waals surface area contributed by atoms with Gasteiger partial charge in [-0.25, -0.2) is 0 Å². The largest absolute Gasteiger partial charge is 0.493 e. The molecule has 0 aliphatic rings. The van der Waals surface area contributed by atoms with Crippen molar-refractivity contribution in [2.45, 2.75) is 13.3 Å². The molecule has 0 aliphatic heterocycles. The Morgan fingerprint density at radius 2 is 2.00 bits per heavy atom. The van der Waals surface area contributed by atoms with E-state index >= 15 is 0 Å². The maximum absolute atomic E-state index is 12.1. The van der Waals surface area contributed by atoms with Crippen molar-refractivity contribution in [3.8, 4) is 11.5 Å². The normalized spacial score (nSPS) is 10.7.